The Bertz CT molecular complexity index is 464. The monoisotopic (exact) mass is 332 g/mol. The van der Waals surface area contributed by atoms with E-state index in [9.17, 15) is 4.79 Å². The molecule has 0 radical (unpaired) electrons. The first-order valence-electron chi connectivity index (χ1n) is 6.69. The lowest BCUT2D eigenvalue weighted by Gasteiger charge is -2.11. The summed E-state index contributed by atoms with van der Waals surface area (Å²) < 4.78 is 0. The number of thioether (sulfide) groups is 1. The molecule has 1 aromatic rings. The quantitative estimate of drug-likeness (QED) is 0.786. The van der Waals surface area contributed by atoms with Gasteiger partial charge in [0.25, 0.3) is 0 Å². The number of benzene rings is 1. The van der Waals surface area contributed by atoms with Crippen molar-refractivity contribution in [1.82, 2.24) is 10.6 Å². The molecule has 1 fully saturated rings. The van der Waals surface area contributed by atoms with Gasteiger partial charge in [0.2, 0.25) is 5.91 Å². The molecule has 2 N–H and O–H groups in total. The number of halogens is 2. The van der Waals surface area contributed by atoms with Gasteiger partial charge in [0.15, 0.2) is 0 Å². The third kappa shape index (κ3) is 4.85. The highest BCUT2D eigenvalue weighted by Crippen LogP contribution is 2.24. The Labute approximate surface area is 133 Å². The van der Waals surface area contributed by atoms with Crippen LogP contribution < -0.4 is 10.6 Å². The Balaban J connectivity index is 1.62. The van der Waals surface area contributed by atoms with Crippen molar-refractivity contribution in [3.63, 3.8) is 0 Å². The molecule has 0 saturated carbocycles. The van der Waals surface area contributed by atoms with Crippen molar-refractivity contribution in [1.29, 1.82) is 0 Å². The second-order valence-electron chi connectivity index (χ2n) is 4.73. The van der Waals surface area contributed by atoms with Crippen LogP contribution in [0.5, 0.6) is 0 Å². The van der Waals surface area contributed by atoms with Gasteiger partial charge < -0.3 is 10.6 Å². The molecule has 1 aromatic carbocycles. The summed E-state index contributed by atoms with van der Waals surface area (Å²) >= 11 is 13.7. The maximum atomic E-state index is 11.8. The minimum atomic E-state index is 0.00529. The van der Waals surface area contributed by atoms with Crippen LogP contribution in [0.1, 0.15) is 18.4 Å². The van der Waals surface area contributed by atoms with Gasteiger partial charge in [-0.2, -0.15) is 11.8 Å². The molecular formula is C14H18Cl2N2OS. The summed E-state index contributed by atoms with van der Waals surface area (Å²) in [6.45, 7) is 1.63. The Kier molecular flexibility index (Phi) is 6.49. The minimum absolute atomic E-state index is 0.00529. The van der Waals surface area contributed by atoms with Crippen LogP contribution >= 0.6 is 35.0 Å². The lowest BCUT2D eigenvalue weighted by atomic mass is 10.2. The number of hydrogen-bond acceptors (Lipinski definition) is 3. The van der Waals surface area contributed by atoms with Crippen molar-refractivity contribution < 1.29 is 4.79 Å². The van der Waals surface area contributed by atoms with E-state index < -0.39 is 0 Å². The molecule has 1 aliphatic heterocycles. The van der Waals surface area contributed by atoms with Crippen LogP contribution in [0.4, 0.5) is 0 Å². The van der Waals surface area contributed by atoms with Crippen LogP contribution in [0.25, 0.3) is 0 Å². The van der Waals surface area contributed by atoms with Gasteiger partial charge in [-0.25, -0.2) is 0 Å². The average molecular weight is 333 g/mol. The molecule has 6 heteroatoms. The fraction of sp³-hybridized carbons (Fsp3) is 0.500. The van der Waals surface area contributed by atoms with Crippen molar-refractivity contribution in [2.24, 2.45) is 0 Å². The second-order valence-corrected chi connectivity index (χ2v) is 6.68. The molecule has 0 aromatic heterocycles. The third-order valence-electron chi connectivity index (χ3n) is 3.20. The largest absolute Gasteiger partial charge is 0.354 e. The normalized spacial score (nSPS) is 18.2. The summed E-state index contributed by atoms with van der Waals surface area (Å²) in [5.41, 5.74) is 1.07. The number of carbonyl (C=O) groups excluding carboxylic acids is 1. The first-order valence-corrected chi connectivity index (χ1v) is 8.60. The summed E-state index contributed by atoms with van der Waals surface area (Å²) in [4.78, 5) is 11.8. The fourth-order valence-electron chi connectivity index (χ4n) is 2.10. The van der Waals surface area contributed by atoms with E-state index in [-0.39, 0.29) is 11.9 Å². The van der Waals surface area contributed by atoms with E-state index in [1.54, 1.807) is 17.8 Å². The molecule has 0 aliphatic carbocycles. The zero-order valence-corrected chi connectivity index (χ0v) is 13.5. The standard InChI is InChI=1S/C14H18Cl2N2OS/c15-11-4-3-10(12(16)8-11)9-20-7-6-18-14(19)13-2-1-5-17-13/h3-4,8,13,17H,1-2,5-7,9H2,(H,18,19). The van der Waals surface area contributed by atoms with Crippen molar-refractivity contribution in [2.45, 2.75) is 24.6 Å². The molecule has 1 atom stereocenters. The first-order chi connectivity index (χ1) is 9.66. The van der Waals surface area contributed by atoms with E-state index >= 15 is 0 Å². The van der Waals surface area contributed by atoms with Crippen molar-refractivity contribution in [3.8, 4) is 0 Å². The lowest BCUT2D eigenvalue weighted by Crippen LogP contribution is -2.41. The predicted octanol–water partition coefficient (Wildman–Crippen LogP) is 3.09. The predicted molar refractivity (Wildman–Crippen MR) is 86.7 cm³/mol. The number of nitrogens with one attached hydrogen (secondary N) is 2. The van der Waals surface area contributed by atoms with Gasteiger partial charge in [-0.05, 0) is 37.1 Å². The van der Waals surface area contributed by atoms with Crippen molar-refractivity contribution in [3.05, 3.63) is 33.8 Å². The average Bonchev–Trinajstić information content (AvgIpc) is 2.94. The molecule has 110 valence electrons. The van der Waals surface area contributed by atoms with Gasteiger partial charge in [0, 0.05) is 28.1 Å². The molecule has 2 rings (SSSR count). The SMILES string of the molecule is O=C(NCCSCc1ccc(Cl)cc1Cl)C1CCCN1. The maximum Gasteiger partial charge on any atom is 0.237 e. The highest BCUT2D eigenvalue weighted by Gasteiger charge is 2.21. The van der Waals surface area contributed by atoms with Crippen molar-refractivity contribution in [2.75, 3.05) is 18.8 Å². The molecule has 1 amide bonds. The molecule has 1 aliphatic rings. The Morgan fingerprint density at radius 3 is 3.00 bits per heavy atom. The molecule has 3 nitrogen and oxygen atoms in total. The van der Waals surface area contributed by atoms with Gasteiger partial charge in [0.05, 0.1) is 6.04 Å². The van der Waals surface area contributed by atoms with Gasteiger partial charge in [-0.15, -0.1) is 0 Å². The van der Waals surface area contributed by atoms with Crippen LogP contribution in [-0.2, 0) is 10.5 Å². The van der Waals surface area contributed by atoms with E-state index in [1.165, 1.54) is 0 Å². The lowest BCUT2D eigenvalue weighted by molar-refractivity contribution is -0.122. The van der Waals surface area contributed by atoms with Crippen LogP contribution in [0, 0.1) is 0 Å². The fourth-order valence-corrected chi connectivity index (χ4v) is 3.52. The third-order valence-corrected chi connectivity index (χ3v) is 4.79. The van der Waals surface area contributed by atoms with E-state index in [0.717, 1.165) is 36.5 Å². The Morgan fingerprint density at radius 1 is 1.45 bits per heavy atom. The van der Waals surface area contributed by atoms with Gasteiger partial charge >= 0.3 is 0 Å². The van der Waals surface area contributed by atoms with Crippen LogP contribution in [0.2, 0.25) is 10.0 Å². The molecule has 1 heterocycles. The van der Waals surface area contributed by atoms with Gasteiger partial charge in [0.1, 0.15) is 0 Å². The van der Waals surface area contributed by atoms with E-state index in [1.807, 2.05) is 12.1 Å². The molecule has 1 saturated heterocycles. The van der Waals surface area contributed by atoms with Gasteiger partial charge in [-0.1, -0.05) is 29.3 Å². The maximum absolute atomic E-state index is 11.8. The molecule has 0 spiro atoms. The van der Waals surface area contributed by atoms with E-state index in [4.69, 9.17) is 23.2 Å². The zero-order valence-electron chi connectivity index (χ0n) is 11.1. The van der Waals surface area contributed by atoms with Crippen molar-refractivity contribution >= 4 is 40.9 Å². The Hall–Kier alpha value is -0.420. The summed E-state index contributed by atoms with van der Waals surface area (Å²) in [6, 6.07) is 5.55. The van der Waals surface area contributed by atoms with E-state index in [2.05, 4.69) is 10.6 Å². The molecule has 0 bridgehead atoms. The summed E-state index contributed by atoms with van der Waals surface area (Å²) in [5.74, 6) is 1.82. The van der Waals surface area contributed by atoms with Crippen LogP contribution in [0.15, 0.2) is 18.2 Å². The minimum Gasteiger partial charge on any atom is -0.354 e. The Morgan fingerprint density at radius 2 is 2.30 bits per heavy atom. The molecule has 1 unspecified atom stereocenters. The van der Waals surface area contributed by atoms with Crippen LogP contribution in [0.3, 0.4) is 0 Å². The van der Waals surface area contributed by atoms with E-state index in [0.29, 0.717) is 16.6 Å². The van der Waals surface area contributed by atoms with Crippen LogP contribution in [-0.4, -0.2) is 30.8 Å². The number of hydrogen-bond donors (Lipinski definition) is 2. The number of amides is 1. The molecular weight excluding hydrogens is 315 g/mol. The summed E-state index contributed by atoms with van der Waals surface area (Å²) in [6.07, 6.45) is 2.03. The summed E-state index contributed by atoms with van der Waals surface area (Å²) in [7, 11) is 0. The molecule has 20 heavy (non-hydrogen) atoms. The smallest absolute Gasteiger partial charge is 0.237 e. The topological polar surface area (TPSA) is 41.1 Å². The zero-order chi connectivity index (χ0) is 14.4. The van der Waals surface area contributed by atoms with Gasteiger partial charge in [-0.3, -0.25) is 4.79 Å². The number of carbonyl (C=O) groups is 1. The summed E-state index contributed by atoms with van der Waals surface area (Å²) in [5, 5.41) is 7.50. The highest BCUT2D eigenvalue weighted by atomic mass is 35.5. The second kappa shape index (κ2) is 8.13. The first kappa shape index (κ1) is 16.0. The highest BCUT2D eigenvalue weighted by molar-refractivity contribution is 7.98. The number of rotatable bonds is 6.